The Kier molecular flexibility index (Phi) is 3.72. The molecule has 4 rings (SSSR count). The summed E-state index contributed by atoms with van der Waals surface area (Å²) in [6, 6.07) is 12.5. The third kappa shape index (κ3) is 2.56. The second kappa shape index (κ2) is 5.92. The fourth-order valence-corrected chi connectivity index (χ4v) is 4.21. The van der Waals surface area contributed by atoms with E-state index in [4.69, 9.17) is 5.26 Å². The maximum atomic E-state index is 12.6. The Hall–Kier alpha value is -2.81. The number of H-pyrrole nitrogens is 1. The van der Waals surface area contributed by atoms with Crippen LogP contribution in [0.25, 0.3) is 0 Å². The van der Waals surface area contributed by atoms with E-state index in [1.165, 1.54) is 11.3 Å². The number of aromatic nitrogens is 2. The average molecular weight is 335 g/mol. The molecule has 25 heavy (non-hydrogen) atoms. The number of nitrogens with one attached hydrogen (secondary N) is 1. The highest BCUT2D eigenvalue weighted by Crippen LogP contribution is 2.46. The molecule has 2 aliphatic heterocycles. The van der Waals surface area contributed by atoms with Crippen LogP contribution in [0.15, 0.2) is 30.3 Å². The summed E-state index contributed by atoms with van der Waals surface area (Å²) in [7, 11) is 0. The molecular formula is C19H21N5O. The summed E-state index contributed by atoms with van der Waals surface area (Å²) >= 11 is 0. The van der Waals surface area contributed by atoms with E-state index >= 15 is 0 Å². The Labute approximate surface area is 147 Å². The van der Waals surface area contributed by atoms with Gasteiger partial charge in [-0.15, -0.1) is 0 Å². The van der Waals surface area contributed by atoms with Gasteiger partial charge in [-0.25, -0.2) is 0 Å². The number of carbonyl (C=O) groups excluding carboxylic acids is 1. The molecule has 1 fully saturated rings. The van der Waals surface area contributed by atoms with Crippen molar-refractivity contribution in [3.63, 3.8) is 0 Å². The van der Waals surface area contributed by atoms with Crippen LogP contribution in [0, 0.1) is 18.3 Å². The number of nitriles is 1. The minimum atomic E-state index is -0.000590. The summed E-state index contributed by atoms with van der Waals surface area (Å²) in [5.74, 6) is -0.000590. The lowest BCUT2D eigenvalue weighted by Gasteiger charge is -2.39. The highest BCUT2D eigenvalue weighted by Gasteiger charge is 2.45. The molecule has 1 aromatic heterocycles. The van der Waals surface area contributed by atoms with Crippen molar-refractivity contribution < 1.29 is 4.79 Å². The predicted molar refractivity (Wildman–Crippen MR) is 94.4 cm³/mol. The number of piperidine rings is 1. The molecule has 1 spiro atoms. The number of anilines is 1. The number of nitrogens with zero attached hydrogens (tertiary/aromatic N) is 4. The third-order valence-corrected chi connectivity index (χ3v) is 5.50. The Morgan fingerprint density at radius 3 is 2.80 bits per heavy atom. The summed E-state index contributed by atoms with van der Waals surface area (Å²) in [6.45, 7) is 4.62. The van der Waals surface area contributed by atoms with Gasteiger partial charge in [0.25, 0.3) is 5.91 Å². The quantitative estimate of drug-likeness (QED) is 0.854. The summed E-state index contributed by atoms with van der Waals surface area (Å²) < 4.78 is 0. The third-order valence-electron chi connectivity index (χ3n) is 5.50. The van der Waals surface area contributed by atoms with Gasteiger partial charge in [-0.05, 0) is 37.5 Å². The van der Waals surface area contributed by atoms with E-state index < -0.39 is 0 Å². The molecule has 0 unspecified atom stereocenters. The fraction of sp³-hybridized carbons (Fsp3) is 0.421. The van der Waals surface area contributed by atoms with Gasteiger partial charge >= 0.3 is 0 Å². The van der Waals surface area contributed by atoms with Gasteiger partial charge in [-0.1, -0.05) is 18.2 Å². The highest BCUT2D eigenvalue weighted by atomic mass is 16.2. The first-order valence-corrected chi connectivity index (χ1v) is 8.66. The number of aromatic amines is 1. The van der Waals surface area contributed by atoms with Crippen LogP contribution in [0.3, 0.4) is 0 Å². The molecule has 0 bridgehead atoms. The summed E-state index contributed by atoms with van der Waals surface area (Å²) in [4.78, 5) is 16.7. The largest absolute Gasteiger partial charge is 0.357 e. The first-order valence-electron chi connectivity index (χ1n) is 8.66. The van der Waals surface area contributed by atoms with Crippen molar-refractivity contribution in [2.75, 3.05) is 31.1 Å². The first-order chi connectivity index (χ1) is 12.1. The lowest BCUT2D eigenvalue weighted by atomic mass is 9.74. The van der Waals surface area contributed by atoms with E-state index in [-0.39, 0.29) is 11.3 Å². The molecule has 0 radical (unpaired) electrons. The van der Waals surface area contributed by atoms with Gasteiger partial charge in [-0.2, -0.15) is 10.4 Å². The number of hydrogen-bond acceptors (Lipinski definition) is 4. The van der Waals surface area contributed by atoms with Gasteiger partial charge in [-0.3, -0.25) is 9.89 Å². The van der Waals surface area contributed by atoms with Gasteiger partial charge in [0.15, 0.2) is 0 Å². The van der Waals surface area contributed by atoms with Gasteiger partial charge in [0, 0.05) is 36.4 Å². The van der Waals surface area contributed by atoms with Crippen LogP contribution in [0.1, 0.15) is 34.6 Å². The van der Waals surface area contributed by atoms with E-state index in [0.29, 0.717) is 12.2 Å². The molecule has 6 nitrogen and oxygen atoms in total. The van der Waals surface area contributed by atoms with E-state index in [1.54, 1.807) is 6.07 Å². The number of benzene rings is 1. The summed E-state index contributed by atoms with van der Waals surface area (Å²) in [5, 5.41) is 16.1. The number of hydrogen-bond donors (Lipinski definition) is 1. The normalized spacial score (nSPS) is 18.2. The number of fused-ring (bicyclic) bond motifs is 2. The summed E-state index contributed by atoms with van der Waals surface area (Å²) in [5.41, 5.74) is 3.94. The molecule has 2 aliphatic rings. The maximum absolute atomic E-state index is 12.6. The lowest BCUT2D eigenvalue weighted by Crippen LogP contribution is -2.47. The van der Waals surface area contributed by atoms with Crippen LogP contribution in [0.4, 0.5) is 5.69 Å². The molecule has 2 aromatic rings. The van der Waals surface area contributed by atoms with Gasteiger partial charge in [0.1, 0.15) is 12.2 Å². The minimum absolute atomic E-state index is 0.000590. The van der Waals surface area contributed by atoms with Crippen molar-refractivity contribution in [2.24, 2.45) is 0 Å². The number of rotatable bonds is 2. The van der Waals surface area contributed by atoms with Gasteiger partial charge < -0.3 is 9.80 Å². The van der Waals surface area contributed by atoms with Crippen LogP contribution in [0.2, 0.25) is 0 Å². The van der Waals surface area contributed by atoms with Crippen LogP contribution in [-0.2, 0) is 5.41 Å². The Morgan fingerprint density at radius 1 is 1.36 bits per heavy atom. The lowest BCUT2D eigenvalue weighted by molar-refractivity contribution is 0.0668. The first kappa shape index (κ1) is 15.7. The van der Waals surface area contributed by atoms with Gasteiger partial charge in [0.2, 0.25) is 0 Å². The molecule has 0 saturated carbocycles. The number of amides is 1. The van der Waals surface area contributed by atoms with E-state index in [2.05, 4.69) is 39.4 Å². The van der Waals surface area contributed by atoms with Crippen molar-refractivity contribution >= 4 is 11.6 Å². The molecule has 1 N–H and O–H groups in total. The summed E-state index contributed by atoms with van der Waals surface area (Å²) in [6.07, 6.45) is 1.84. The molecule has 1 amide bonds. The van der Waals surface area contributed by atoms with Gasteiger partial charge in [0.05, 0.1) is 6.07 Å². The Bertz CT molecular complexity index is 841. The zero-order valence-corrected chi connectivity index (χ0v) is 14.3. The second-order valence-corrected chi connectivity index (χ2v) is 7.04. The molecule has 128 valence electrons. The van der Waals surface area contributed by atoms with Crippen molar-refractivity contribution in [1.82, 2.24) is 15.1 Å². The standard InChI is InChI=1S/C19H21N5O/c1-14-12-16(22-21-14)18(25)23-9-6-19(7-10-23)13-24(11-8-20)17-5-3-2-4-15(17)19/h2-5,12H,6-7,9-11,13H2,1H3,(H,21,22). The molecule has 6 heteroatoms. The van der Waals surface area contributed by atoms with E-state index in [0.717, 1.165) is 38.2 Å². The Morgan fingerprint density at radius 2 is 2.12 bits per heavy atom. The van der Waals surface area contributed by atoms with Crippen LogP contribution >= 0.6 is 0 Å². The minimum Gasteiger partial charge on any atom is -0.357 e. The molecular weight excluding hydrogens is 314 g/mol. The van der Waals surface area contributed by atoms with Crippen LogP contribution < -0.4 is 4.90 Å². The number of carbonyl (C=O) groups is 1. The van der Waals surface area contributed by atoms with Crippen molar-refractivity contribution in [1.29, 1.82) is 5.26 Å². The molecule has 0 atom stereocenters. The topological polar surface area (TPSA) is 76.0 Å². The second-order valence-electron chi connectivity index (χ2n) is 7.04. The van der Waals surface area contributed by atoms with E-state index in [9.17, 15) is 4.79 Å². The SMILES string of the molecule is Cc1cc(C(=O)N2CCC3(CC2)CN(CC#N)c2ccccc23)n[nH]1. The highest BCUT2D eigenvalue weighted by molar-refractivity contribution is 5.92. The Balaban J connectivity index is 1.53. The van der Waals surface area contributed by atoms with Crippen molar-refractivity contribution in [3.05, 3.63) is 47.3 Å². The van der Waals surface area contributed by atoms with E-state index in [1.807, 2.05) is 17.9 Å². The smallest absolute Gasteiger partial charge is 0.274 e. The number of para-hydroxylation sites is 1. The molecule has 0 aliphatic carbocycles. The van der Waals surface area contributed by atoms with Crippen molar-refractivity contribution in [2.45, 2.75) is 25.2 Å². The maximum Gasteiger partial charge on any atom is 0.274 e. The predicted octanol–water partition coefficient (Wildman–Crippen LogP) is 2.24. The van der Waals surface area contributed by atoms with Crippen LogP contribution in [0.5, 0.6) is 0 Å². The van der Waals surface area contributed by atoms with Crippen LogP contribution in [-0.4, -0.2) is 47.2 Å². The zero-order valence-electron chi connectivity index (χ0n) is 14.3. The number of aryl methyl sites for hydroxylation is 1. The average Bonchev–Trinajstić information content (AvgIpc) is 3.19. The molecule has 3 heterocycles. The fourth-order valence-electron chi connectivity index (χ4n) is 4.21. The monoisotopic (exact) mass is 335 g/mol. The zero-order chi connectivity index (χ0) is 17.4. The molecule has 1 saturated heterocycles. The molecule has 1 aromatic carbocycles. The number of likely N-dealkylation sites (tertiary alicyclic amines) is 1. The van der Waals surface area contributed by atoms with Crippen molar-refractivity contribution in [3.8, 4) is 6.07 Å².